The van der Waals surface area contributed by atoms with Crippen molar-refractivity contribution >= 4 is 17.0 Å². The maximum Gasteiger partial charge on any atom is 0.183 e. The molecule has 1 unspecified atom stereocenters. The van der Waals surface area contributed by atoms with E-state index in [0.717, 1.165) is 11.3 Å². The second-order valence-corrected chi connectivity index (χ2v) is 4.11. The van der Waals surface area contributed by atoms with Gasteiger partial charge in [0.2, 0.25) is 0 Å². The smallest absolute Gasteiger partial charge is 0.183 e. The van der Waals surface area contributed by atoms with Crippen LogP contribution in [0.2, 0.25) is 0 Å². The Bertz CT molecular complexity index is 474. The van der Waals surface area contributed by atoms with Gasteiger partial charge in [0.15, 0.2) is 11.5 Å². The average molecular weight is 205 g/mol. The molecule has 0 fully saturated rings. The molecule has 0 saturated heterocycles. The first-order valence-corrected chi connectivity index (χ1v) is 5.05. The summed E-state index contributed by atoms with van der Waals surface area (Å²) in [5, 5.41) is 0. The van der Waals surface area contributed by atoms with Crippen LogP contribution in [-0.2, 0) is 0 Å². The lowest BCUT2D eigenvalue weighted by molar-refractivity contribution is 0.515. The first kappa shape index (κ1) is 9.89. The minimum atomic E-state index is 0.360. The van der Waals surface area contributed by atoms with E-state index in [1.54, 1.807) is 0 Å². The Labute approximate surface area is 88.1 Å². The van der Waals surface area contributed by atoms with Gasteiger partial charge in [0.1, 0.15) is 17.7 Å². The van der Waals surface area contributed by atoms with Crippen LogP contribution in [0, 0.1) is 5.92 Å². The highest BCUT2D eigenvalue weighted by atomic mass is 15.0. The fourth-order valence-electron chi connectivity index (χ4n) is 1.40. The van der Waals surface area contributed by atoms with Crippen molar-refractivity contribution in [1.82, 2.24) is 19.9 Å². The van der Waals surface area contributed by atoms with Crippen LogP contribution in [0.1, 0.15) is 32.5 Å². The van der Waals surface area contributed by atoms with E-state index in [9.17, 15) is 0 Å². The first-order chi connectivity index (χ1) is 7.09. The molecular weight excluding hydrogens is 190 g/mol. The number of hydrogen-bond acceptors (Lipinski definition) is 4. The Hall–Kier alpha value is -1.65. The van der Waals surface area contributed by atoms with E-state index in [0.29, 0.717) is 23.3 Å². The van der Waals surface area contributed by atoms with E-state index >= 15 is 0 Å². The first-order valence-electron chi connectivity index (χ1n) is 5.05. The molecule has 0 aliphatic carbocycles. The average Bonchev–Trinajstić information content (AvgIpc) is 2.61. The summed E-state index contributed by atoms with van der Waals surface area (Å²) in [6, 6.07) is 0. The van der Waals surface area contributed by atoms with E-state index in [1.165, 1.54) is 6.33 Å². The number of nitrogens with one attached hydrogen (secondary N) is 1. The molecule has 5 heteroatoms. The Kier molecular flexibility index (Phi) is 2.30. The van der Waals surface area contributed by atoms with Gasteiger partial charge in [-0.1, -0.05) is 20.8 Å². The Morgan fingerprint density at radius 3 is 2.60 bits per heavy atom. The van der Waals surface area contributed by atoms with Gasteiger partial charge in [-0.15, -0.1) is 0 Å². The molecule has 0 amide bonds. The SMILES string of the molecule is CC(C)C(C)c1nc2ncnc(N)c2[nH]1. The van der Waals surface area contributed by atoms with Crippen LogP contribution in [0.15, 0.2) is 6.33 Å². The van der Waals surface area contributed by atoms with Crippen LogP contribution >= 0.6 is 0 Å². The van der Waals surface area contributed by atoms with E-state index in [-0.39, 0.29) is 0 Å². The molecule has 80 valence electrons. The molecule has 0 saturated carbocycles. The number of aromatic amines is 1. The van der Waals surface area contributed by atoms with Gasteiger partial charge in [-0.3, -0.25) is 0 Å². The fourth-order valence-corrected chi connectivity index (χ4v) is 1.40. The zero-order valence-electron chi connectivity index (χ0n) is 9.15. The number of nitrogens with zero attached hydrogens (tertiary/aromatic N) is 3. The van der Waals surface area contributed by atoms with Gasteiger partial charge in [-0.05, 0) is 5.92 Å². The number of aromatic nitrogens is 4. The third-order valence-electron chi connectivity index (χ3n) is 2.77. The third kappa shape index (κ3) is 1.65. The van der Waals surface area contributed by atoms with Crippen molar-refractivity contribution in [2.24, 2.45) is 5.92 Å². The summed E-state index contributed by atoms with van der Waals surface area (Å²) in [4.78, 5) is 15.6. The van der Waals surface area contributed by atoms with Crippen molar-refractivity contribution in [3.05, 3.63) is 12.2 Å². The standard InChI is InChI=1S/C10H15N5/c1-5(2)6(3)9-14-7-8(11)12-4-13-10(7)15-9/h4-6H,1-3H3,(H3,11,12,13,14,15). The lowest BCUT2D eigenvalue weighted by atomic mass is 9.98. The van der Waals surface area contributed by atoms with Gasteiger partial charge < -0.3 is 10.7 Å². The lowest BCUT2D eigenvalue weighted by Crippen LogP contribution is -2.03. The number of imidazole rings is 1. The number of fused-ring (bicyclic) bond motifs is 1. The molecule has 0 aliphatic rings. The molecule has 0 aliphatic heterocycles. The maximum absolute atomic E-state index is 5.72. The second kappa shape index (κ2) is 3.49. The molecule has 2 aromatic heterocycles. The third-order valence-corrected chi connectivity index (χ3v) is 2.77. The van der Waals surface area contributed by atoms with Gasteiger partial charge in [0.05, 0.1) is 0 Å². The highest BCUT2D eigenvalue weighted by Crippen LogP contribution is 2.23. The molecule has 0 aromatic carbocycles. The number of rotatable bonds is 2. The lowest BCUT2D eigenvalue weighted by Gasteiger charge is -2.11. The van der Waals surface area contributed by atoms with E-state index < -0.39 is 0 Å². The van der Waals surface area contributed by atoms with Crippen LogP contribution in [0.25, 0.3) is 11.2 Å². The maximum atomic E-state index is 5.72. The van der Waals surface area contributed by atoms with Crippen LogP contribution in [0.5, 0.6) is 0 Å². The van der Waals surface area contributed by atoms with Crippen LogP contribution in [-0.4, -0.2) is 19.9 Å². The summed E-state index contributed by atoms with van der Waals surface area (Å²) in [6.07, 6.45) is 1.43. The highest BCUT2D eigenvalue weighted by Gasteiger charge is 2.15. The number of H-pyrrole nitrogens is 1. The van der Waals surface area contributed by atoms with Crippen molar-refractivity contribution in [2.75, 3.05) is 5.73 Å². The monoisotopic (exact) mass is 205 g/mol. The number of nitrogen functional groups attached to an aromatic ring is 1. The van der Waals surface area contributed by atoms with Crippen LogP contribution in [0.3, 0.4) is 0 Å². The molecule has 3 N–H and O–H groups in total. The summed E-state index contributed by atoms with van der Waals surface area (Å²) >= 11 is 0. The normalized spacial score (nSPS) is 13.6. The van der Waals surface area contributed by atoms with Gasteiger partial charge in [0, 0.05) is 5.92 Å². The quantitative estimate of drug-likeness (QED) is 0.781. The summed E-state index contributed by atoms with van der Waals surface area (Å²) in [6.45, 7) is 6.45. The molecule has 15 heavy (non-hydrogen) atoms. The van der Waals surface area contributed by atoms with Crippen molar-refractivity contribution in [1.29, 1.82) is 0 Å². The topological polar surface area (TPSA) is 80.5 Å². The molecule has 0 bridgehead atoms. The number of hydrogen-bond donors (Lipinski definition) is 2. The predicted octanol–water partition coefficient (Wildman–Crippen LogP) is 1.69. The summed E-state index contributed by atoms with van der Waals surface area (Å²) < 4.78 is 0. The molecule has 2 rings (SSSR count). The Balaban J connectivity index is 2.52. The van der Waals surface area contributed by atoms with E-state index in [2.05, 4.69) is 40.7 Å². The zero-order chi connectivity index (χ0) is 11.0. The van der Waals surface area contributed by atoms with Crippen LogP contribution < -0.4 is 5.73 Å². The largest absolute Gasteiger partial charge is 0.382 e. The van der Waals surface area contributed by atoms with Gasteiger partial charge in [-0.25, -0.2) is 15.0 Å². The summed E-state index contributed by atoms with van der Waals surface area (Å²) in [7, 11) is 0. The van der Waals surface area contributed by atoms with Gasteiger partial charge in [-0.2, -0.15) is 0 Å². The number of nitrogens with two attached hydrogens (primary N) is 1. The minimum absolute atomic E-state index is 0.360. The second-order valence-electron chi connectivity index (χ2n) is 4.11. The Morgan fingerprint density at radius 2 is 2.00 bits per heavy atom. The zero-order valence-corrected chi connectivity index (χ0v) is 9.15. The van der Waals surface area contributed by atoms with Crippen molar-refractivity contribution in [3.8, 4) is 0 Å². The molecule has 2 aromatic rings. The predicted molar refractivity (Wildman–Crippen MR) is 59.3 cm³/mol. The Morgan fingerprint density at radius 1 is 1.27 bits per heavy atom. The van der Waals surface area contributed by atoms with Gasteiger partial charge >= 0.3 is 0 Å². The fraction of sp³-hybridized carbons (Fsp3) is 0.500. The molecule has 2 heterocycles. The van der Waals surface area contributed by atoms with Gasteiger partial charge in [0.25, 0.3) is 0 Å². The molecular formula is C10H15N5. The van der Waals surface area contributed by atoms with E-state index in [4.69, 9.17) is 5.73 Å². The summed E-state index contributed by atoms with van der Waals surface area (Å²) in [5.74, 6) is 2.26. The highest BCUT2D eigenvalue weighted by molar-refractivity contribution is 5.81. The molecule has 0 radical (unpaired) electrons. The molecule has 0 spiro atoms. The minimum Gasteiger partial charge on any atom is -0.382 e. The van der Waals surface area contributed by atoms with Crippen LogP contribution in [0.4, 0.5) is 5.82 Å². The number of anilines is 1. The summed E-state index contributed by atoms with van der Waals surface area (Å²) in [5.41, 5.74) is 7.10. The van der Waals surface area contributed by atoms with Crippen molar-refractivity contribution in [2.45, 2.75) is 26.7 Å². The molecule has 1 atom stereocenters. The van der Waals surface area contributed by atoms with Crippen molar-refractivity contribution in [3.63, 3.8) is 0 Å². The van der Waals surface area contributed by atoms with E-state index in [1.807, 2.05) is 0 Å². The van der Waals surface area contributed by atoms with Crippen molar-refractivity contribution < 1.29 is 0 Å². The molecule has 5 nitrogen and oxygen atoms in total.